The molecule has 2 N–H and O–H groups in total. The third-order valence-electron chi connectivity index (χ3n) is 4.91. The van der Waals surface area contributed by atoms with Crippen molar-refractivity contribution >= 4 is 18.0 Å². The third-order valence-corrected chi connectivity index (χ3v) is 4.91. The van der Waals surface area contributed by atoms with Crippen LogP contribution in [0, 0.1) is 5.92 Å². The van der Waals surface area contributed by atoms with Crippen LogP contribution in [0.5, 0.6) is 0 Å². The molecule has 0 saturated carbocycles. The number of esters is 1. The summed E-state index contributed by atoms with van der Waals surface area (Å²) in [6.45, 7) is 9.47. The van der Waals surface area contributed by atoms with Gasteiger partial charge < -0.3 is 29.6 Å². The summed E-state index contributed by atoms with van der Waals surface area (Å²) >= 11 is 0. The van der Waals surface area contributed by atoms with Crippen LogP contribution in [0.3, 0.4) is 0 Å². The van der Waals surface area contributed by atoms with Crippen LogP contribution in [0.2, 0.25) is 0 Å². The van der Waals surface area contributed by atoms with Crippen LogP contribution in [0.1, 0.15) is 46.6 Å². The quantitative estimate of drug-likeness (QED) is 0.540. The van der Waals surface area contributed by atoms with Gasteiger partial charge in [0.15, 0.2) is 6.10 Å². The number of alkyl carbamates (subject to hydrolysis) is 1. The largest absolute Gasteiger partial charge is 0.467 e. The van der Waals surface area contributed by atoms with E-state index >= 15 is 0 Å². The molecule has 0 spiro atoms. The standard InChI is InChI=1S/C24H36N2O7/c1-15(2)12-17(26-23(29)33-24(3,4)5)21(27)25-18-14-32-20(22(28)30-6)19(18)31-13-16-10-8-7-9-11-16/h7-11,15,17-20H,12-14H2,1-6H3,(H,25,27)(H,26,29)/t17-,18-,19+,20+/m0/s1. The maximum absolute atomic E-state index is 13.1. The molecular weight excluding hydrogens is 428 g/mol. The van der Waals surface area contributed by atoms with Crippen LogP contribution in [0.25, 0.3) is 0 Å². The highest BCUT2D eigenvalue weighted by Crippen LogP contribution is 2.21. The first-order valence-electron chi connectivity index (χ1n) is 11.1. The summed E-state index contributed by atoms with van der Waals surface area (Å²) in [6.07, 6.45) is -1.97. The van der Waals surface area contributed by atoms with Crippen LogP contribution >= 0.6 is 0 Å². The molecule has 1 fully saturated rings. The molecule has 4 atom stereocenters. The number of amides is 2. The maximum Gasteiger partial charge on any atom is 0.408 e. The van der Waals surface area contributed by atoms with Crippen molar-refractivity contribution in [3.05, 3.63) is 35.9 Å². The van der Waals surface area contributed by atoms with E-state index in [0.29, 0.717) is 6.42 Å². The van der Waals surface area contributed by atoms with Gasteiger partial charge in [0.2, 0.25) is 5.91 Å². The zero-order chi connectivity index (χ0) is 24.6. The fourth-order valence-corrected chi connectivity index (χ4v) is 3.46. The SMILES string of the molecule is COC(=O)[C@@H]1OC[C@H](NC(=O)[C@H](CC(C)C)NC(=O)OC(C)(C)C)[C@H]1OCc1ccccc1. The number of ether oxygens (including phenoxy) is 4. The molecule has 33 heavy (non-hydrogen) atoms. The van der Waals surface area contributed by atoms with E-state index in [4.69, 9.17) is 18.9 Å². The summed E-state index contributed by atoms with van der Waals surface area (Å²) in [4.78, 5) is 37.6. The van der Waals surface area contributed by atoms with Crippen LogP contribution in [-0.2, 0) is 35.1 Å². The molecule has 1 saturated heterocycles. The molecule has 0 unspecified atom stereocenters. The van der Waals surface area contributed by atoms with Gasteiger partial charge >= 0.3 is 12.1 Å². The van der Waals surface area contributed by atoms with Gasteiger partial charge in [-0.25, -0.2) is 9.59 Å². The van der Waals surface area contributed by atoms with Gasteiger partial charge in [0.05, 0.1) is 26.4 Å². The summed E-state index contributed by atoms with van der Waals surface area (Å²) in [7, 11) is 1.27. The van der Waals surface area contributed by atoms with E-state index < -0.39 is 47.9 Å². The molecule has 184 valence electrons. The summed E-state index contributed by atoms with van der Waals surface area (Å²) in [6, 6.07) is 8.07. The Bertz CT molecular complexity index is 792. The minimum atomic E-state index is -0.966. The second-order valence-electron chi connectivity index (χ2n) is 9.48. The van der Waals surface area contributed by atoms with Gasteiger partial charge in [-0.3, -0.25) is 4.79 Å². The lowest BCUT2D eigenvalue weighted by molar-refractivity contribution is -0.157. The molecule has 0 bridgehead atoms. The molecule has 1 aliphatic heterocycles. The number of hydrogen-bond acceptors (Lipinski definition) is 7. The van der Waals surface area contributed by atoms with Crippen molar-refractivity contribution in [3.8, 4) is 0 Å². The van der Waals surface area contributed by atoms with Crippen LogP contribution in [0.4, 0.5) is 4.79 Å². The minimum absolute atomic E-state index is 0.0752. The van der Waals surface area contributed by atoms with Gasteiger partial charge in [-0.05, 0) is 38.7 Å². The highest BCUT2D eigenvalue weighted by Gasteiger charge is 2.44. The van der Waals surface area contributed by atoms with Gasteiger partial charge in [-0.1, -0.05) is 44.2 Å². The second-order valence-corrected chi connectivity index (χ2v) is 9.48. The Morgan fingerprint density at radius 1 is 1.15 bits per heavy atom. The number of methoxy groups -OCH3 is 1. The van der Waals surface area contributed by atoms with E-state index in [1.807, 2.05) is 44.2 Å². The van der Waals surface area contributed by atoms with Crippen LogP contribution in [-0.4, -0.2) is 61.6 Å². The van der Waals surface area contributed by atoms with Gasteiger partial charge in [0, 0.05) is 0 Å². The van der Waals surface area contributed by atoms with Gasteiger partial charge in [-0.2, -0.15) is 0 Å². The predicted molar refractivity (Wildman–Crippen MR) is 121 cm³/mol. The average Bonchev–Trinajstić information content (AvgIpc) is 3.12. The smallest absolute Gasteiger partial charge is 0.408 e. The molecule has 0 aromatic heterocycles. The van der Waals surface area contributed by atoms with Crippen molar-refractivity contribution in [2.75, 3.05) is 13.7 Å². The van der Waals surface area contributed by atoms with E-state index in [9.17, 15) is 14.4 Å². The number of carbonyl (C=O) groups excluding carboxylic acids is 3. The highest BCUT2D eigenvalue weighted by atomic mass is 16.6. The lowest BCUT2D eigenvalue weighted by Crippen LogP contribution is -2.54. The lowest BCUT2D eigenvalue weighted by Gasteiger charge is -2.27. The molecule has 1 aromatic rings. The van der Waals surface area contributed by atoms with Crippen molar-refractivity contribution in [1.29, 1.82) is 0 Å². The van der Waals surface area contributed by atoms with Gasteiger partial charge in [-0.15, -0.1) is 0 Å². The first kappa shape index (κ1) is 26.6. The highest BCUT2D eigenvalue weighted by molar-refractivity contribution is 5.86. The molecule has 1 aromatic carbocycles. The van der Waals surface area contributed by atoms with Crippen LogP contribution < -0.4 is 10.6 Å². The normalized spacial score (nSPS) is 21.4. The van der Waals surface area contributed by atoms with Gasteiger partial charge in [0.1, 0.15) is 17.7 Å². The fourth-order valence-electron chi connectivity index (χ4n) is 3.46. The molecule has 9 heteroatoms. The van der Waals surface area contributed by atoms with Crippen molar-refractivity contribution in [1.82, 2.24) is 10.6 Å². The number of rotatable bonds is 9. The van der Waals surface area contributed by atoms with Crippen LogP contribution in [0.15, 0.2) is 30.3 Å². The molecule has 2 rings (SSSR count). The van der Waals surface area contributed by atoms with E-state index in [2.05, 4.69) is 10.6 Å². The molecule has 1 heterocycles. The number of nitrogens with one attached hydrogen (secondary N) is 2. The third kappa shape index (κ3) is 8.66. The second kappa shape index (κ2) is 12.0. The summed E-state index contributed by atoms with van der Waals surface area (Å²) in [5, 5.41) is 5.53. The molecule has 1 aliphatic rings. The first-order chi connectivity index (χ1) is 15.5. The van der Waals surface area contributed by atoms with Crippen molar-refractivity contribution in [2.24, 2.45) is 5.92 Å². The molecule has 0 radical (unpaired) electrons. The first-order valence-corrected chi connectivity index (χ1v) is 11.1. The van der Waals surface area contributed by atoms with Crippen molar-refractivity contribution in [2.45, 2.75) is 77.5 Å². The Balaban J connectivity index is 2.10. The number of benzene rings is 1. The molecule has 9 nitrogen and oxygen atoms in total. The monoisotopic (exact) mass is 464 g/mol. The van der Waals surface area contributed by atoms with E-state index in [0.717, 1.165) is 5.56 Å². The summed E-state index contributed by atoms with van der Waals surface area (Å²) in [5.41, 5.74) is 0.231. The number of carbonyl (C=O) groups is 3. The average molecular weight is 465 g/mol. The summed E-state index contributed by atoms with van der Waals surface area (Å²) in [5.74, 6) is -0.833. The fraction of sp³-hybridized carbons (Fsp3) is 0.625. The Labute approximate surface area is 195 Å². The zero-order valence-electron chi connectivity index (χ0n) is 20.3. The topological polar surface area (TPSA) is 112 Å². The van der Waals surface area contributed by atoms with E-state index in [1.165, 1.54) is 7.11 Å². The zero-order valence-corrected chi connectivity index (χ0v) is 20.3. The Morgan fingerprint density at radius 3 is 2.39 bits per heavy atom. The van der Waals surface area contributed by atoms with Gasteiger partial charge in [0.25, 0.3) is 0 Å². The lowest BCUT2D eigenvalue weighted by atomic mass is 10.0. The molecule has 0 aliphatic carbocycles. The van der Waals surface area contributed by atoms with E-state index in [1.54, 1.807) is 20.8 Å². The molecule has 2 amide bonds. The predicted octanol–water partition coefficient (Wildman–Crippen LogP) is 2.57. The van der Waals surface area contributed by atoms with Crippen molar-refractivity contribution < 1.29 is 33.3 Å². The Morgan fingerprint density at radius 2 is 1.82 bits per heavy atom. The maximum atomic E-state index is 13.1. The molecular formula is C24H36N2O7. The van der Waals surface area contributed by atoms with Crippen molar-refractivity contribution in [3.63, 3.8) is 0 Å². The Kier molecular flexibility index (Phi) is 9.67. The minimum Gasteiger partial charge on any atom is -0.467 e. The Hall–Kier alpha value is -2.65. The van der Waals surface area contributed by atoms with E-state index in [-0.39, 0.29) is 19.1 Å². The number of hydrogen-bond donors (Lipinski definition) is 2. The summed E-state index contributed by atoms with van der Waals surface area (Å²) < 4.78 is 21.7.